The first-order valence-corrected chi connectivity index (χ1v) is 9.07. The molecule has 0 atom stereocenters. The van der Waals surface area contributed by atoms with Crippen LogP contribution in [0.2, 0.25) is 5.02 Å². The highest BCUT2D eigenvalue weighted by atomic mass is 79.9. The van der Waals surface area contributed by atoms with Crippen LogP contribution in [0.4, 0.5) is 0 Å². The van der Waals surface area contributed by atoms with Crippen molar-refractivity contribution in [3.63, 3.8) is 0 Å². The Hall–Kier alpha value is -1.83. The zero-order valence-electron chi connectivity index (χ0n) is 13.2. The fourth-order valence-corrected chi connectivity index (χ4v) is 3.34. The van der Waals surface area contributed by atoms with E-state index in [1.54, 1.807) is 30.3 Å². The van der Waals surface area contributed by atoms with E-state index in [1.807, 2.05) is 13.0 Å². The number of carbonyl (C=O) groups is 1. The Morgan fingerprint density at radius 1 is 1.40 bits per heavy atom. The van der Waals surface area contributed by atoms with Crippen molar-refractivity contribution in [3.8, 4) is 5.75 Å². The third-order valence-electron chi connectivity index (χ3n) is 3.51. The summed E-state index contributed by atoms with van der Waals surface area (Å²) in [6.07, 6.45) is 1.63. The Kier molecular flexibility index (Phi) is 5.46. The molecule has 1 aromatic heterocycles. The summed E-state index contributed by atoms with van der Waals surface area (Å²) >= 11 is 14.6. The number of amides is 1. The lowest BCUT2D eigenvalue weighted by atomic mass is 10.3. The fraction of sp³-hybridized carbons (Fsp3) is 0.176. The van der Waals surface area contributed by atoms with E-state index < -0.39 is 0 Å². The SMILES string of the molecule is CCN1C(=O)/C(=C/c2ccc(COc3ccc(Br)cc3Cl)o2)NC1=S. The van der Waals surface area contributed by atoms with Crippen LogP contribution in [0.25, 0.3) is 6.08 Å². The van der Waals surface area contributed by atoms with Crippen LogP contribution in [-0.2, 0) is 11.4 Å². The number of likely N-dealkylation sites (N-methyl/N-ethyl adjacent to an activating group) is 1. The zero-order chi connectivity index (χ0) is 18.0. The van der Waals surface area contributed by atoms with Gasteiger partial charge in [0.05, 0.1) is 5.02 Å². The van der Waals surface area contributed by atoms with Gasteiger partial charge in [-0.2, -0.15) is 0 Å². The van der Waals surface area contributed by atoms with Crippen molar-refractivity contribution in [1.29, 1.82) is 0 Å². The fourth-order valence-electron chi connectivity index (χ4n) is 2.29. The Morgan fingerprint density at radius 2 is 2.20 bits per heavy atom. The maximum atomic E-state index is 12.2. The molecular formula is C17H14BrClN2O3S. The highest BCUT2D eigenvalue weighted by Gasteiger charge is 2.29. The van der Waals surface area contributed by atoms with Crippen LogP contribution in [-0.4, -0.2) is 22.5 Å². The molecule has 0 saturated carbocycles. The quantitative estimate of drug-likeness (QED) is 0.552. The molecule has 1 aliphatic heterocycles. The van der Waals surface area contributed by atoms with Gasteiger partial charge in [0.25, 0.3) is 5.91 Å². The van der Waals surface area contributed by atoms with Gasteiger partial charge in [-0.25, -0.2) is 0 Å². The predicted molar refractivity (Wildman–Crippen MR) is 103 cm³/mol. The van der Waals surface area contributed by atoms with Crippen LogP contribution in [0.5, 0.6) is 5.75 Å². The van der Waals surface area contributed by atoms with Gasteiger partial charge < -0.3 is 14.5 Å². The van der Waals surface area contributed by atoms with Gasteiger partial charge in [0.1, 0.15) is 29.6 Å². The van der Waals surface area contributed by atoms with Gasteiger partial charge in [-0.3, -0.25) is 9.69 Å². The minimum atomic E-state index is -0.164. The summed E-state index contributed by atoms with van der Waals surface area (Å²) in [5.41, 5.74) is 0.393. The van der Waals surface area contributed by atoms with E-state index in [1.165, 1.54) is 4.90 Å². The topological polar surface area (TPSA) is 54.7 Å². The molecule has 5 nitrogen and oxygen atoms in total. The molecule has 1 amide bonds. The molecule has 3 rings (SSSR count). The Labute approximate surface area is 163 Å². The molecule has 0 radical (unpaired) electrons. The average molecular weight is 442 g/mol. The highest BCUT2D eigenvalue weighted by Crippen LogP contribution is 2.28. The van der Waals surface area contributed by atoms with Crippen LogP contribution in [0, 0.1) is 0 Å². The Bertz CT molecular complexity index is 865. The molecule has 25 heavy (non-hydrogen) atoms. The van der Waals surface area contributed by atoms with E-state index in [9.17, 15) is 4.79 Å². The maximum absolute atomic E-state index is 12.2. The van der Waals surface area contributed by atoms with Gasteiger partial charge in [0.2, 0.25) is 0 Å². The first-order chi connectivity index (χ1) is 12.0. The molecular weight excluding hydrogens is 428 g/mol. The summed E-state index contributed by atoms with van der Waals surface area (Å²) in [6.45, 7) is 2.61. The lowest BCUT2D eigenvalue weighted by molar-refractivity contribution is -0.122. The minimum Gasteiger partial charge on any atom is -0.484 e. The molecule has 2 heterocycles. The molecule has 0 aliphatic carbocycles. The molecule has 130 valence electrons. The number of carbonyl (C=O) groups excluding carboxylic acids is 1. The number of ether oxygens (including phenoxy) is 1. The molecule has 0 bridgehead atoms. The number of thiocarbonyl (C=S) groups is 1. The van der Waals surface area contributed by atoms with E-state index in [2.05, 4.69) is 21.2 Å². The van der Waals surface area contributed by atoms with Gasteiger partial charge in [-0.15, -0.1) is 0 Å². The van der Waals surface area contributed by atoms with Crippen LogP contribution >= 0.6 is 39.7 Å². The van der Waals surface area contributed by atoms with Crippen LogP contribution in [0.15, 0.2) is 44.9 Å². The maximum Gasteiger partial charge on any atom is 0.276 e. The Balaban J connectivity index is 1.68. The number of benzene rings is 1. The minimum absolute atomic E-state index is 0.164. The predicted octanol–water partition coefficient (Wildman–Crippen LogP) is 4.35. The monoisotopic (exact) mass is 440 g/mol. The number of hydrogen-bond donors (Lipinski definition) is 1. The summed E-state index contributed by atoms with van der Waals surface area (Å²) in [6, 6.07) is 8.93. The first-order valence-electron chi connectivity index (χ1n) is 7.49. The summed E-state index contributed by atoms with van der Waals surface area (Å²) in [4.78, 5) is 13.6. The van der Waals surface area contributed by atoms with Crippen molar-refractivity contribution in [2.24, 2.45) is 0 Å². The molecule has 1 aliphatic rings. The van der Waals surface area contributed by atoms with Gasteiger partial charge >= 0.3 is 0 Å². The van der Waals surface area contributed by atoms with Crippen molar-refractivity contribution < 1.29 is 13.9 Å². The molecule has 0 unspecified atom stereocenters. The number of hydrogen-bond acceptors (Lipinski definition) is 4. The second-order valence-corrected chi connectivity index (χ2v) is 6.91. The third-order valence-corrected chi connectivity index (χ3v) is 4.62. The van der Waals surface area contributed by atoms with Crippen molar-refractivity contribution in [2.45, 2.75) is 13.5 Å². The standard InChI is InChI=1S/C17H14BrClN2O3S/c1-2-21-16(22)14(20-17(21)25)8-11-4-5-12(24-11)9-23-15-6-3-10(18)7-13(15)19/h3-8H,2,9H2,1H3,(H,20,25)/b14-8-. The summed E-state index contributed by atoms with van der Waals surface area (Å²) in [5.74, 6) is 1.56. The first kappa shape index (κ1) is 18.0. The van der Waals surface area contributed by atoms with Crippen molar-refractivity contribution in [2.75, 3.05) is 6.54 Å². The Morgan fingerprint density at radius 3 is 2.88 bits per heavy atom. The van der Waals surface area contributed by atoms with E-state index in [4.69, 9.17) is 33.0 Å². The van der Waals surface area contributed by atoms with Gasteiger partial charge in [0, 0.05) is 17.1 Å². The van der Waals surface area contributed by atoms with E-state index in [0.717, 1.165) is 4.47 Å². The molecule has 0 spiro atoms. The number of nitrogens with zero attached hydrogens (tertiary/aromatic N) is 1. The molecule has 1 fully saturated rings. The van der Waals surface area contributed by atoms with E-state index in [-0.39, 0.29) is 12.5 Å². The van der Waals surface area contributed by atoms with Crippen molar-refractivity contribution >= 4 is 56.8 Å². The highest BCUT2D eigenvalue weighted by molar-refractivity contribution is 9.10. The molecule has 1 aromatic carbocycles. The molecule has 1 N–H and O–H groups in total. The van der Waals surface area contributed by atoms with Crippen LogP contribution in [0.3, 0.4) is 0 Å². The summed E-state index contributed by atoms with van der Waals surface area (Å²) < 4.78 is 12.2. The zero-order valence-corrected chi connectivity index (χ0v) is 16.4. The number of rotatable bonds is 5. The van der Waals surface area contributed by atoms with Crippen LogP contribution < -0.4 is 10.1 Å². The molecule has 1 saturated heterocycles. The van der Waals surface area contributed by atoms with Gasteiger partial charge in [-0.1, -0.05) is 27.5 Å². The van der Waals surface area contributed by atoms with Gasteiger partial charge in [0.15, 0.2) is 5.11 Å². The smallest absolute Gasteiger partial charge is 0.276 e. The third kappa shape index (κ3) is 4.05. The molecule has 2 aromatic rings. The molecule has 8 heteroatoms. The van der Waals surface area contributed by atoms with E-state index in [0.29, 0.717) is 39.6 Å². The van der Waals surface area contributed by atoms with Crippen molar-refractivity contribution in [1.82, 2.24) is 10.2 Å². The number of furan rings is 1. The van der Waals surface area contributed by atoms with Crippen LogP contribution in [0.1, 0.15) is 18.4 Å². The normalized spacial score (nSPS) is 15.8. The average Bonchev–Trinajstić information content (AvgIpc) is 3.11. The largest absolute Gasteiger partial charge is 0.484 e. The van der Waals surface area contributed by atoms with E-state index >= 15 is 0 Å². The number of nitrogens with one attached hydrogen (secondary N) is 1. The number of halogens is 2. The summed E-state index contributed by atoms with van der Waals surface area (Å²) in [5, 5.41) is 3.80. The second-order valence-electron chi connectivity index (χ2n) is 5.21. The summed E-state index contributed by atoms with van der Waals surface area (Å²) in [7, 11) is 0. The lowest BCUT2D eigenvalue weighted by Crippen LogP contribution is -2.30. The lowest BCUT2D eigenvalue weighted by Gasteiger charge is -2.08. The van der Waals surface area contributed by atoms with Gasteiger partial charge in [-0.05, 0) is 49.5 Å². The van der Waals surface area contributed by atoms with Crippen molar-refractivity contribution in [3.05, 3.63) is 57.0 Å². The second kappa shape index (κ2) is 7.59.